The van der Waals surface area contributed by atoms with Crippen molar-refractivity contribution in [1.82, 2.24) is 25.6 Å². The molecular weight excluding hydrogens is 317 g/mol. The van der Waals surface area contributed by atoms with Crippen molar-refractivity contribution in [2.45, 2.75) is 6.92 Å². The van der Waals surface area contributed by atoms with E-state index in [-0.39, 0.29) is 41.4 Å². The average Bonchev–Trinajstić information content (AvgIpc) is 3.07. The number of rotatable bonds is 4. The molecule has 3 aromatic rings. The number of nitrogens with zero attached hydrogens (tertiary/aromatic N) is 4. The molecule has 0 spiro atoms. The SMILES string of the molecule is CNc1ccc(-c2cc(C)cc(C(=O)Nc3nnn[nH]3)n2)cc1.[NaH]. The zero-order valence-electron chi connectivity index (χ0n) is 12.7. The summed E-state index contributed by atoms with van der Waals surface area (Å²) in [6, 6.07) is 11.5. The summed E-state index contributed by atoms with van der Waals surface area (Å²) in [4.78, 5) is 16.7. The molecule has 0 aliphatic heterocycles. The Labute approximate surface area is 160 Å². The first-order chi connectivity index (χ1) is 11.2. The Morgan fingerprint density at radius 3 is 2.54 bits per heavy atom. The minimum atomic E-state index is -0.375. The molecule has 9 heteroatoms. The van der Waals surface area contributed by atoms with E-state index < -0.39 is 0 Å². The number of benzene rings is 1. The van der Waals surface area contributed by atoms with Crippen molar-refractivity contribution in [1.29, 1.82) is 0 Å². The van der Waals surface area contributed by atoms with E-state index in [4.69, 9.17) is 0 Å². The topological polar surface area (TPSA) is 108 Å². The molecule has 24 heavy (non-hydrogen) atoms. The van der Waals surface area contributed by atoms with Crippen molar-refractivity contribution in [2.75, 3.05) is 17.7 Å². The molecule has 3 N–H and O–H groups in total. The first-order valence-corrected chi connectivity index (χ1v) is 6.97. The van der Waals surface area contributed by atoms with E-state index >= 15 is 0 Å². The number of anilines is 2. The molecular formula is C15H16N7NaO. The Bertz CT molecular complexity index is 818. The first-order valence-electron chi connectivity index (χ1n) is 6.97. The summed E-state index contributed by atoms with van der Waals surface area (Å²) in [6.07, 6.45) is 0. The Morgan fingerprint density at radius 2 is 1.92 bits per heavy atom. The molecule has 0 atom stereocenters. The number of aromatic amines is 1. The van der Waals surface area contributed by atoms with Gasteiger partial charge in [0.05, 0.1) is 5.69 Å². The van der Waals surface area contributed by atoms with Gasteiger partial charge in [0.15, 0.2) is 0 Å². The van der Waals surface area contributed by atoms with Crippen LogP contribution in [0.2, 0.25) is 0 Å². The fraction of sp³-hybridized carbons (Fsp3) is 0.133. The molecule has 0 radical (unpaired) electrons. The summed E-state index contributed by atoms with van der Waals surface area (Å²) in [5, 5.41) is 18.5. The summed E-state index contributed by atoms with van der Waals surface area (Å²) in [5.74, 6) is -0.196. The molecule has 0 aliphatic rings. The van der Waals surface area contributed by atoms with Crippen molar-refractivity contribution in [3.63, 3.8) is 0 Å². The zero-order valence-corrected chi connectivity index (χ0v) is 12.7. The monoisotopic (exact) mass is 333 g/mol. The summed E-state index contributed by atoms with van der Waals surface area (Å²) in [7, 11) is 1.86. The number of amides is 1. The van der Waals surface area contributed by atoms with Gasteiger partial charge in [0.2, 0.25) is 5.95 Å². The predicted octanol–water partition coefficient (Wildman–Crippen LogP) is 1.22. The van der Waals surface area contributed by atoms with Gasteiger partial charge in [0.25, 0.3) is 5.91 Å². The Balaban J connectivity index is 0.00000208. The fourth-order valence-corrected chi connectivity index (χ4v) is 2.12. The molecule has 1 aromatic carbocycles. The standard InChI is InChI=1S/C15H15N7O.Na.H/c1-9-7-12(10-3-5-11(16-2)6-4-10)17-13(8-9)14(23)18-15-19-21-22-20-15;;/h3-8,16H,1-2H3,(H2,18,19,20,21,22,23);;. The van der Waals surface area contributed by atoms with Crippen LogP contribution in [0.3, 0.4) is 0 Å². The van der Waals surface area contributed by atoms with Crippen LogP contribution in [0.1, 0.15) is 16.1 Å². The number of nitrogens with one attached hydrogen (secondary N) is 3. The minimum absolute atomic E-state index is 0. The van der Waals surface area contributed by atoms with E-state index in [1.165, 1.54) is 0 Å². The second-order valence-electron chi connectivity index (χ2n) is 4.95. The number of pyridine rings is 1. The van der Waals surface area contributed by atoms with Crippen molar-refractivity contribution in [3.8, 4) is 11.3 Å². The molecule has 0 bridgehead atoms. The van der Waals surface area contributed by atoms with Gasteiger partial charge in [0.1, 0.15) is 5.69 Å². The van der Waals surface area contributed by atoms with Crippen LogP contribution in [0.5, 0.6) is 0 Å². The van der Waals surface area contributed by atoms with Gasteiger partial charge >= 0.3 is 29.6 Å². The summed E-state index contributed by atoms with van der Waals surface area (Å²) in [5.41, 5.74) is 3.91. The van der Waals surface area contributed by atoms with Gasteiger partial charge in [-0.3, -0.25) is 10.1 Å². The maximum atomic E-state index is 12.2. The van der Waals surface area contributed by atoms with Gasteiger partial charge in [-0.1, -0.05) is 17.2 Å². The van der Waals surface area contributed by atoms with Crippen LogP contribution in [-0.2, 0) is 0 Å². The van der Waals surface area contributed by atoms with Crippen LogP contribution in [0.15, 0.2) is 36.4 Å². The van der Waals surface area contributed by atoms with Gasteiger partial charge in [-0.05, 0) is 47.2 Å². The van der Waals surface area contributed by atoms with E-state index in [9.17, 15) is 4.79 Å². The van der Waals surface area contributed by atoms with E-state index in [0.29, 0.717) is 5.69 Å². The predicted molar refractivity (Wildman–Crippen MR) is 93.2 cm³/mol. The number of aryl methyl sites for hydroxylation is 1. The summed E-state index contributed by atoms with van der Waals surface area (Å²) >= 11 is 0. The number of aromatic nitrogens is 5. The van der Waals surface area contributed by atoms with E-state index in [2.05, 4.69) is 36.2 Å². The number of tetrazole rings is 1. The molecule has 3 rings (SSSR count). The van der Waals surface area contributed by atoms with Crippen molar-refractivity contribution in [3.05, 3.63) is 47.7 Å². The Morgan fingerprint density at radius 1 is 1.17 bits per heavy atom. The normalized spacial score (nSPS) is 9.92. The van der Waals surface area contributed by atoms with Crippen molar-refractivity contribution >= 4 is 47.1 Å². The molecule has 1 amide bonds. The molecule has 118 valence electrons. The van der Waals surface area contributed by atoms with Crippen molar-refractivity contribution in [2.24, 2.45) is 0 Å². The van der Waals surface area contributed by atoms with E-state index in [1.807, 2.05) is 44.3 Å². The number of carbonyl (C=O) groups excluding carboxylic acids is 1. The van der Waals surface area contributed by atoms with Crippen LogP contribution in [0.4, 0.5) is 11.6 Å². The maximum absolute atomic E-state index is 12.2. The number of hydrogen-bond acceptors (Lipinski definition) is 6. The molecule has 0 aliphatic carbocycles. The van der Waals surface area contributed by atoms with Gasteiger partial charge < -0.3 is 5.32 Å². The number of hydrogen-bond donors (Lipinski definition) is 3. The average molecular weight is 333 g/mol. The molecule has 2 aromatic heterocycles. The Kier molecular flexibility index (Phi) is 6.02. The number of carbonyl (C=O) groups is 1. The fourth-order valence-electron chi connectivity index (χ4n) is 2.12. The summed E-state index contributed by atoms with van der Waals surface area (Å²) < 4.78 is 0. The third kappa shape index (κ3) is 4.16. The molecule has 2 heterocycles. The van der Waals surface area contributed by atoms with Crippen LogP contribution >= 0.6 is 0 Å². The van der Waals surface area contributed by atoms with Gasteiger partial charge in [0, 0.05) is 18.3 Å². The van der Waals surface area contributed by atoms with Gasteiger partial charge in [-0.2, -0.15) is 0 Å². The second-order valence-corrected chi connectivity index (χ2v) is 4.95. The molecule has 0 saturated carbocycles. The molecule has 0 saturated heterocycles. The summed E-state index contributed by atoms with van der Waals surface area (Å²) in [6.45, 7) is 1.92. The molecule has 8 nitrogen and oxygen atoms in total. The van der Waals surface area contributed by atoms with Crippen molar-refractivity contribution < 1.29 is 4.79 Å². The van der Waals surface area contributed by atoms with Crippen LogP contribution < -0.4 is 10.6 Å². The third-order valence-electron chi connectivity index (χ3n) is 3.25. The van der Waals surface area contributed by atoms with Gasteiger partial charge in [-0.25, -0.2) is 10.1 Å². The van der Waals surface area contributed by atoms with Crippen LogP contribution in [0, 0.1) is 6.92 Å². The molecule has 0 fully saturated rings. The third-order valence-corrected chi connectivity index (χ3v) is 3.25. The first kappa shape index (κ1) is 18.1. The number of H-pyrrole nitrogens is 1. The van der Waals surface area contributed by atoms with Crippen LogP contribution in [-0.4, -0.2) is 68.1 Å². The van der Waals surface area contributed by atoms with E-state index in [0.717, 1.165) is 22.5 Å². The quantitative estimate of drug-likeness (QED) is 0.620. The van der Waals surface area contributed by atoms with Gasteiger partial charge in [-0.15, -0.1) is 0 Å². The molecule has 0 unspecified atom stereocenters. The Hall–Kier alpha value is -2.29. The van der Waals surface area contributed by atoms with Crippen LogP contribution in [0.25, 0.3) is 11.3 Å². The van der Waals surface area contributed by atoms with E-state index in [1.54, 1.807) is 6.07 Å². The zero-order chi connectivity index (χ0) is 16.2. The second kappa shape index (κ2) is 8.00.